The van der Waals surface area contributed by atoms with Crippen molar-refractivity contribution < 1.29 is 4.79 Å². The summed E-state index contributed by atoms with van der Waals surface area (Å²) in [7, 11) is 0. The molecule has 0 radical (unpaired) electrons. The Morgan fingerprint density at radius 1 is 1.00 bits per heavy atom. The van der Waals surface area contributed by atoms with E-state index in [0.717, 1.165) is 25.9 Å². The minimum Gasteiger partial charge on any atom is -0.345 e. The molecule has 0 aliphatic heterocycles. The average Bonchev–Trinajstić information content (AvgIpc) is 3.39. The van der Waals surface area contributed by atoms with Gasteiger partial charge in [0.05, 0.1) is 6.54 Å². The Balaban J connectivity index is 1.53. The van der Waals surface area contributed by atoms with Crippen molar-refractivity contribution >= 4 is 5.91 Å². The van der Waals surface area contributed by atoms with Gasteiger partial charge in [-0.05, 0) is 50.3 Å². The van der Waals surface area contributed by atoms with E-state index in [1.165, 1.54) is 61.8 Å². The summed E-state index contributed by atoms with van der Waals surface area (Å²) in [5.74, 6) is 0.690. The molecule has 2 saturated carbocycles. The second kappa shape index (κ2) is 8.98. The van der Waals surface area contributed by atoms with Crippen LogP contribution in [0.2, 0.25) is 0 Å². The highest BCUT2D eigenvalue weighted by Crippen LogP contribution is 2.31. The van der Waals surface area contributed by atoms with E-state index in [4.69, 9.17) is 0 Å². The Bertz CT molecular complexity index is 781. The van der Waals surface area contributed by atoms with Crippen LogP contribution in [0, 0.1) is 12.8 Å². The topological polar surface area (TPSA) is 25.2 Å². The van der Waals surface area contributed by atoms with Gasteiger partial charge >= 0.3 is 0 Å². The summed E-state index contributed by atoms with van der Waals surface area (Å²) in [6.45, 7) is 3.78. The number of carbonyl (C=O) groups is 1. The molecule has 1 amide bonds. The molecule has 0 spiro atoms. The standard InChI is InChI=1S/C25H34N2O/c1-20-9-7-10-21(17-20)18-26-16-8-15-24(26)19-27(23-13-3-2-4-14-23)25(28)22-11-5-6-12-22/h7-10,15-17,22-23H,2-6,11-14,18-19H2,1H3. The Morgan fingerprint density at radius 3 is 2.50 bits per heavy atom. The molecule has 1 aromatic carbocycles. The normalized spacial score (nSPS) is 18.5. The van der Waals surface area contributed by atoms with Gasteiger partial charge in [0, 0.05) is 30.4 Å². The first-order valence-electron chi connectivity index (χ1n) is 11.2. The van der Waals surface area contributed by atoms with Gasteiger partial charge in [-0.15, -0.1) is 0 Å². The van der Waals surface area contributed by atoms with Gasteiger partial charge < -0.3 is 9.47 Å². The van der Waals surface area contributed by atoms with E-state index in [2.05, 4.69) is 59.0 Å². The highest BCUT2D eigenvalue weighted by Gasteiger charge is 2.32. The third kappa shape index (κ3) is 4.51. The molecule has 0 bridgehead atoms. The van der Waals surface area contributed by atoms with Crippen molar-refractivity contribution in [1.29, 1.82) is 0 Å². The summed E-state index contributed by atoms with van der Waals surface area (Å²) in [5, 5.41) is 0. The molecule has 3 heteroatoms. The first-order valence-corrected chi connectivity index (χ1v) is 11.2. The monoisotopic (exact) mass is 378 g/mol. The van der Waals surface area contributed by atoms with Crippen molar-refractivity contribution in [3.8, 4) is 0 Å². The molecule has 0 saturated heterocycles. The fraction of sp³-hybridized carbons (Fsp3) is 0.560. The number of benzene rings is 1. The lowest BCUT2D eigenvalue weighted by Gasteiger charge is -2.36. The highest BCUT2D eigenvalue weighted by molar-refractivity contribution is 5.79. The summed E-state index contributed by atoms with van der Waals surface area (Å²) in [6.07, 6.45) is 13.0. The maximum absolute atomic E-state index is 13.4. The van der Waals surface area contributed by atoms with Gasteiger partial charge in [0.1, 0.15) is 0 Å². The zero-order chi connectivity index (χ0) is 19.3. The number of carbonyl (C=O) groups excluding carboxylic acids is 1. The minimum atomic E-state index is 0.266. The predicted molar refractivity (Wildman–Crippen MR) is 114 cm³/mol. The number of aryl methyl sites for hydroxylation is 1. The fourth-order valence-electron chi connectivity index (χ4n) is 5.12. The van der Waals surface area contributed by atoms with Gasteiger partial charge in [-0.1, -0.05) is 61.9 Å². The summed E-state index contributed by atoms with van der Waals surface area (Å²) >= 11 is 0. The Hall–Kier alpha value is -2.03. The number of rotatable bonds is 6. The second-order valence-corrected chi connectivity index (χ2v) is 8.86. The van der Waals surface area contributed by atoms with Crippen LogP contribution in [0.15, 0.2) is 42.6 Å². The van der Waals surface area contributed by atoms with E-state index in [1.807, 2.05) is 0 Å². The van der Waals surface area contributed by atoms with E-state index in [-0.39, 0.29) is 5.92 Å². The van der Waals surface area contributed by atoms with E-state index >= 15 is 0 Å². The molecule has 1 heterocycles. The molecule has 28 heavy (non-hydrogen) atoms. The second-order valence-electron chi connectivity index (χ2n) is 8.86. The molecule has 2 fully saturated rings. The van der Waals surface area contributed by atoms with Crippen LogP contribution < -0.4 is 0 Å². The van der Waals surface area contributed by atoms with Crippen molar-refractivity contribution in [2.45, 2.75) is 83.8 Å². The molecule has 2 aliphatic carbocycles. The smallest absolute Gasteiger partial charge is 0.226 e. The number of hydrogen-bond acceptors (Lipinski definition) is 1. The molecule has 2 aliphatic rings. The molecule has 0 atom stereocenters. The van der Waals surface area contributed by atoms with Crippen molar-refractivity contribution in [2.24, 2.45) is 5.92 Å². The average molecular weight is 379 g/mol. The van der Waals surface area contributed by atoms with Crippen LogP contribution in [-0.2, 0) is 17.9 Å². The number of hydrogen-bond donors (Lipinski definition) is 0. The first-order chi connectivity index (χ1) is 13.7. The van der Waals surface area contributed by atoms with Gasteiger partial charge in [0.15, 0.2) is 0 Å². The van der Waals surface area contributed by atoms with Crippen molar-refractivity contribution in [2.75, 3.05) is 0 Å². The quantitative estimate of drug-likeness (QED) is 0.633. The van der Waals surface area contributed by atoms with Gasteiger partial charge in [-0.3, -0.25) is 4.79 Å². The zero-order valence-electron chi connectivity index (χ0n) is 17.3. The van der Waals surface area contributed by atoms with Gasteiger partial charge in [0.25, 0.3) is 0 Å². The maximum atomic E-state index is 13.4. The van der Waals surface area contributed by atoms with Gasteiger partial charge in [-0.25, -0.2) is 0 Å². The van der Waals surface area contributed by atoms with Crippen LogP contribution in [0.5, 0.6) is 0 Å². The Labute approximate surface area is 169 Å². The Kier molecular flexibility index (Phi) is 6.19. The fourth-order valence-corrected chi connectivity index (χ4v) is 5.12. The van der Waals surface area contributed by atoms with E-state index in [0.29, 0.717) is 11.9 Å². The molecule has 2 aromatic rings. The molecule has 150 valence electrons. The third-order valence-electron chi connectivity index (χ3n) is 6.69. The van der Waals surface area contributed by atoms with E-state index in [9.17, 15) is 4.79 Å². The molecule has 1 aromatic heterocycles. The molecular formula is C25H34N2O. The van der Waals surface area contributed by atoms with Gasteiger partial charge in [0.2, 0.25) is 5.91 Å². The number of aromatic nitrogens is 1. The van der Waals surface area contributed by atoms with Gasteiger partial charge in [-0.2, -0.15) is 0 Å². The lowest BCUT2D eigenvalue weighted by atomic mass is 9.92. The molecule has 0 unspecified atom stereocenters. The highest BCUT2D eigenvalue weighted by atomic mass is 16.2. The van der Waals surface area contributed by atoms with Crippen LogP contribution in [0.25, 0.3) is 0 Å². The number of nitrogens with zero attached hydrogens (tertiary/aromatic N) is 2. The molecular weight excluding hydrogens is 344 g/mol. The van der Waals surface area contributed by atoms with E-state index in [1.54, 1.807) is 0 Å². The Morgan fingerprint density at radius 2 is 1.75 bits per heavy atom. The molecule has 0 N–H and O–H groups in total. The lowest BCUT2D eigenvalue weighted by Crippen LogP contribution is -2.44. The summed E-state index contributed by atoms with van der Waals surface area (Å²) in [5.41, 5.74) is 3.88. The molecule has 3 nitrogen and oxygen atoms in total. The van der Waals surface area contributed by atoms with Crippen LogP contribution in [-0.4, -0.2) is 21.4 Å². The zero-order valence-corrected chi connectivity index (χ0v) is 17.3. The van der Waals surface area contributed by atoms with Crippen molar-refractivity contribution in [1.82, 2.24) is 9.47 Å². The number of amides is 1. The van der Waals surface area contributed by atoms with Crippen LogP contribution in [0.1, 0.15) is 74.6 Å². The predicted octanol–water partition coefficient (Wildman–Crippen LogP) is 5.70. The van der Waals surface area contributed by atoms with Crippen molar-refractivity contribution in [3.05, 3.63) is 59.4 Å². The van der Waals surface area contributed by atoms with E-state index < -0.39 is 0 Å². The largest absolute Gasteiger partial charge is 0.345 e. The third-order valence-corrected chi connectivity index (χ3v) is 6.69. The van der Waals surface area contributed by atoms with Crippen molar-refractivity contribution in [3.63, 3.8) is 0 Å². The van der Waals surface area contributed by atoms with Crippen LogP contribution in [0.4, 0.5) is 0 Å². The summed E-state index contributed by atoms with van der Waals surface area (Å²) in [6, 6.07) is 13.5. The maximum Gasteiger partial charge on any atom is 0.226 e. The first kappa shape index (κ1) is 19.3. The summed E-state index contributed by atoms with van der Waals surface area (Å²) < 4.78 is 2.33. The van der Waals surface area contributed by atoms with Crippen LogP contribution >= 0.6 is 0 Å². The molecule has 4 rings (SSSR count). The van der Waals surface area contributed by atoms with Crippen LogP contribution in [0.3, 0.4) is 0 Å². The lowest BCUT2D eigenvalue weighted by molar-refractivity contribution is -0.139. The minimum absolute atomic E-state index is 0.266. The summed E-state index contributed by atoms with van der Waals surface area (Å²) in [4.78, 5) is 15.7. The SMILES string of the molecule is Cc1cccc(Cn2cccc2CN(C(=O)C2CCCC2)C2CCCCC2)c1.